The number of nitrogen functional groups attached to an aromatic ring is 1. The summed E-state index contributed by atoms with van der Waals surface area (Å²) in [5.41, 5.74) is 2.12. The summed E-state index contributed by atoms with van der Waals surface area (Å²) in [6.07, 6.45) is 0. The molecule has 3 aromatic rings. The number of thioether (sulfide) groups is 1. The van der Waals surface area contributed by atoms with Crippen molar-refractivity contribution in [2.45, 2.75) is 69.7 Å². The highest BCUT2D eigenvalue weighted by atomic mass is 32.2. The van der Waals surface area contributed by atoms with Crippen molar-refractivity contribution in [3.8, 4) is 11.4 Å². The minimum atomic E-state index is -0.160. The fourth-order valence-electron chi connectivity index (χ4n) is 2.59. The molecule has 0 aliphatic carbocycles. The lowest BCUT2D eigenvalue weighted by Gasteiger charge is -2.19. The summed E-state index contributed by atoms with van der Waals surface area (Å²) in [6, 6.07) is 8.26. The van der Waals surface area contributed by atoms with Gasteiger partial charge in [-0.25, -0.2) is 4.68 Å². The van der Waals surface area contributed by atoms with E-state index in [0.29, 0.717) is 22.7 Å². The summed E-state index contributed by atoms with van der Waals surface area (Å²) in [7, 11) is 0. The lowest BCUT2D eigenvalue weighted by Crippen LogP contribution is -2.13. The standard InChI is InChI=1S/C20H28N6OS/c1-12(16-22-17(25-27-16)20(5,6)7)28-18-24-23-15(26(18)21)13-8-10-14(11-9-13)19(2,3)4/h8-12H,21H2,1-7H3. The monoisotopic (exact) mass is 400 g/mol. The number of rotatable bonds is 4. The van der Waals surface area contributed by atoms with E-state index in [9.17, 15) is 0 Å². The van der Waals surface area contributed by atoms with E-state index in [1.807, 2.05) is 39.8 Å². The van der Waals surface area contributed by atoms with Gasteiger partial charge in [-0.05, 0) is 17.9 Å². The van der Waals surface area contributed by atoms with E-state index < -0.39 is 0 Å². The fourth-order valence-corrected chi connectivity index (χ4v) is 3.39. The molecule has 2 heterocycles. The van der Waals surface area contributed by atoms with E-state index in [1.54, 1.807) is 0 Å². The van der Waals surface area contributed by atoms with Crippen LogP contribution >= 0.6 is 11.8 Å². The molecule has 0 radical (unpaired) electrons. The van der Waals surface area contributed by atoms with E-state index in [-0.39, 0.29) is 16.1 Å². The highest BCUT2D eigenvalue weighted by molar-refractivity contribution is 7.99. The predicted molar refractivity (Wildman–Crippen MR) is 112 cm³/mol. The second kappa shape index (κ2) is 7.24. The predicted octanol–water partition coefficient (Wildman–Crippen LogP) is 4.49. The van der Waals surface area contributed by atoms with Crippen molar-refractivity contribution in [1.82, 2.24) is 25.0 Å². The molecule has 1 atom stereocenters. The molecule has 2 N–H and O–H groups in total. The Morgan fingerprint density at radius 2 is 1.64 bits per heavy atom. The zero-order chi connectivity index (χ0) is 20.7. The van der Waals surface area contributed by atoms with Gasteiger partial charge in [0.2, 0.25) is 11.0 Å². The van der Waals surface area contributed by atoms with E-state index in [2.05, 4.69) is 53.2 Å². The normalized spacial score (nSPS) is 13.7. The average Bonchev–Trinajstić information content (AvgIpc) is 3.22. The van der Waals surface area contributed by atoms with Crippen molar-refractivity contribution in [3.05, 3.63) is 41.5 Å². The Labute approximate surface area is 170 Å². The third-order valence-corrected chi connectivity index (χ3v) is 5.46. The summed E-state index contributed by atoms with van der Waals surface area (Å²) < 4.78 is 6.93. The molecule has 3 rings (SSSR count). The van der Waals surface area contributed by atoms with Crippen LogP contribution in [0.25, 0.3) is 11.4 Å². The van der Waals surface area contributed by atoms with Crippen molar-refractivity contribution in [3.63, 3.8) is 0 Å². The van der Waals surface area contributed by atoms with Crippen LogP contribution in [-0.4, -0.2) is 25.0 Å². The molecule has 0 fully saturated rings. The molecule has 0 bridgehead atoms. The Hall–Kier alpha value is -2.35. The number of aromatic nitrogens is 5. The van der Waals surface area contributed by atoms with Crippen LogP contribution in [0.4, 0.5) is 0 Å². The first-order chi connectivity index (χ1) is 13.0. The molecule has 0 saturated heterocycles. The summed E-state index contributed by atoms with van der Waals surface area (Å²) in [5.74, 6) is 8.12. The van der Waals surface area contributed by atoms with Crippen LogP contribution in [0.3, 0.4) is 0 Å². The van der Waals surface area contributed by atoms with Gasteiger partial charge in [-0.1, -0.05) is 82.7 Å². The molecule has 2 aromatic heterocycles. The summed E-state index contributed by atoms with van der Waals surface area (Å²) >= 11 is 1.44. The zero-order valence-corrected chi connectivity index (χ0v) is 18.3. The lowest BCUT2D eigenvalue weighted by molar-refractivity contribution is 0.364. The van der Waals surface area contributed by atoms with Gasteiger partial charge in [0.15, 0.2) is 11.6 Å². The second-order valence-electron chi connectivity index (χ2n) is 8.97. The minimum Gasteiger partial charge on any atom is -0.338 e. The van der Waals surface area contributed by atoms with E-state index >= 15 is 0 Å². The smallest absolute Gasteiger partial charge is 0.239 e. The van der Waals surface area contributed by atoms with Gasteiger partial charge in [0.25, 0.3) is 0 Å². The zero-order valence-electron chi connectivity index (χ0n) is 17.5. The minimum absolute atomic E-state index is 0.0915. The van der Waals surface area contributed by atoms with Crippen LogP contribution in [0.15, 0.2) is 33.9 Å². The summed E-state index contributed by atoms with van der Waals surface area (Å²) in [5, 5.41) is 13.1. The number of benzene rings is 1. The van der Waals surface area contributed by atoms with E-state index in [0.717, 1.165) is 5.56 Å². The SMILES string of the molecule is CC(Sc1nnc(-c2ccc(C(C)(C)C)cc2)n1N)c1nc(C(C)(C)C)no1. The molecular weight excluding hydrogens is 372 g/mol. The van der Waals surface area contributed by atoms with Gasteiger partial charge in [0.05, 0.1) is 5.25 Å². The van der Waals surface area contributed by atoms with Gasteiger partial charge in [0, 0.05) is 11.0 Å². The van der Waals surface area contributed by atoms with Gasteiger partial charge in [-0.15, -0.1) is 10.2 Å². The Morgan fingerprint density at radius 3 is 2.18 bits per heavy atom. The average molecular weight is 401 g/mol. The molecule has 28 heavy (non-hydrogen) atoms. The second-order valence-corrected chi connectivity index (χ2v) is 10.3. The fraction of sp³-hybridized carbons (Fsp3) is 0.500. The van der Waals surface area contributed by atoms with Crippen LogP contribution in [0, 0.1) is 0 Å². The molecule has 7 nitrogen and oxygen atoms in total. The van der Waals surface area contributed by atoms with Gasteiger partial charge in [-0.2, -0.15) is 4.98 Å². The third-order valence-electron chi connectivity index (χ3n) is 4.42. The number of hydrogen-bond acceptors (Lipinski definition) is 7. The van der Waals surface area contributed by atoms with Crippen LogP contribution in [0.5, 0.6) is 0 Å². The molecule has 0 aliphatic rings. The molecule has 0 saturated carbocycles. The molecule has 150 valence electrons. The molecule has 8 heteroatoms. The van der Waals surface area contributed by atoms with Crippen molar-refractivity contribution < 1.29 is 4.52 Å². The highest BCUT2D eigenvalue weighted by Gasteiger charge is 2.25. The lowest BCUT2D eigenvalue weighted by atomic mass is 9.87. The quantitative estimate of drug-likeness (QED) is 0.509. The largest absolute Gasteiger partial charge is 0.338 e. The van der Waals surface area contributed by atoms with Gasteiger partial charge in [-0.3, -0.25) is 0 Å². The first-order valence-electron chi connectivity index (χ1n) is 9.29. The van der Waals surface area contributed by atoms with Crippen molar-refractivity contribution in [1.29, 1.82) is 0 Å². The molecule has 1 unspecified atom stereocenters. The van der Waals surface area contributed by atoms with Gasteiger partial charge in [0.1, 0.15) is 0 Å². The molecular formula is C20H28N6OS. The van der Waals surface area contributed by atoms with Crippen LogP contribution in [-0.2, 0) is 10.8 Å². The van der Waals surface area contributed by atoms with Crippen LogP contribution in [0.2, 0.25) is 0 Å². The Kier molecular flexibility index (Phi) is 5.27. The van der Waals surface area contributed by atoms with Crippen molar-refractivity contribution in [2.75, 3.05) is 5.84 Å². The van der Waals surface area contributed by atoms with Crippen LogP contribution in [0.1, 0.15) is 71.0 Å². The van der Waals surface area contributed by atoms with Crippen LogP contribution < -0.4 is 5.84 Å². The van der Waals surface area contributed by atoms with Crippen molar-refractivity contribution in [2.24, 2.45) is 0 Å². The Bertz CT molecular complexity index is 946. The Morgan fingerprint density at radius 1 is 1.00 bits per heavy atom. The maximum Gasteiger partial charge on any atom is 0.239 e. The topological polar surface area (TPSA) is 95.7 Å². The van der Waals surface area contributed by atoms with Gasteiger partial charge >= 0.3 is 0 Å². The molecule has 0 spiro atoms. The first kappa shape index (κ1) is 20.4. The highest BCUT2D eigenvalue weighted by Crippen LogP contribution is 2.34. The third kappa shape index (κ3) is 4.22. The molecule has 0 amide bonds. The molecule has 1 aromatic carbocycles. The van der Waals surface area contributed by atoms with Gasteiger partial charge < -0.3 is 10.4 Å². The van der Waals surface area contributed by atoms with E-state index in [4.69, 9.17) is 10.4 Å². The van der Waals surface area contributed by atoms with E-state index in [1.165, 1.54) is 22.0 Å². The number of nitrogens with zero attached hydrogens (tertiary/aromatic N) is 5. The molecule has 0 aliphatic heterocycles. The summed E-state index contributed by atoms with van der Waals surface area (Å²) in [6.45, 7) is 14.7. The Balaban J connectivity index is 1.78. The number of nitrogens with two attached hydrogens (primary N) is 1. The first-order valence-corrected chi connectivity index (χ1v) is 10.2. The maximum atomic E-state index is 6.26. The van der Waals surface area contributed by atoms with Crippen molar-refractivity contribution >= 4 is 11.8 Å². The maximum absolute atomic E-state index is 6.26. The number of hydrogen-bond donors (Lipinski definition) is 1. The summed E-state index contributed by atoms with van der Waals surface area (Å²) in [4.78, 5) is 4.51.